The van der Waals surface area contributed by atoms with Crippen LogP contribution in [0.15, 0.2) is 24.4 Å². The summed E-state index contributed by atoms with van der Waals surface area (Å²) in [6.07, 6.45) is 6.38. The number of aromatic nitrogens is 1. The number of carboxylic acid groups (broad SMARTS) is 1. The van der Waals surface area contributed by atoms with Crippen molar-refractivity contribution in [1.82, 2.24) is 9.88 Å². The van der Waals surface area contributed by atoms with Crippen LogP contribution in [0.5, 0.6) is 0 Å². The molecule has 0 saturated heterocycles. The van der Waals surface area contributed by atoms with Crippen LogP contribution in [0.25, 0.3) is 10.9 Å². The number of carbonyl (C=O) groups is 1. The Hall–Kier alpha value is -1.81. The van der Waals surface area contributed by atoms with Crippen LogP contribution in [0.4, 0.5) is 0 Å². The van der Waals surface area contributed by atoms with E-state index in [1.807, 2.05) is 0 Å². The Morgan fingerprint density at radius 2 is 2.17 bits per heavy atom. The molecule has 1 fully saturated rings. The maximum absolute atomic E-state index is 11.7. The van der Waals surface area contributed by atoms with E-state index >= 15 is 0 Å². The van der Waals surface area contributed by atoms with Crippen molar-refractivity contribution in [2.75, 3.05) is 0 Å². The highest BCUT2D eigenvalue weighted by atomic mass is 16.4. The molecule has 1 aliphatic heterocycles. The van der Waals surface area contributed by atoms with Gasteiger partial charge in [-0.3, -0.25) is 10.1 Å². The molecule has 4 nitrogen and oxygen atoms in total. The van der Waals surface area contributed by atoms with E-state index in [0.29, 0.717) is 12.3 Å². The number of nitrogens with zero attached hydrogens (tertiary/aromatic N) is 1. The first-order valence-electron chi connectivity index (χ1n) is 9.12. The number of hydrogen-bond donors (Lipinski definition) is 2. The Morgan fingerprint density at radius 1 is 1.38 bits per heavy atom. The summed E-state index contributed by atoms with van der Waals surface area (Å²) in [5, 5.41) is 14.3. The quantitative estimate of drug-likeness (QED) is 0.880. The Kier molecular flexibility index (Phi) is 3.87. The second kappa shape index (κ2) is 5.92. The first-order chi connectivity index (χ1) is 11.5. The molecule has 2 heterocycles. The van der Waals surface area contributed by atoms with Gasteiger partial charge in [0.05, 0.1) is 0 Å². The van der Waals surface area contributed by atoms with E-state index in [2.05, 4.69) is 48.1 Å². The molecular formula is C20H26N2O2. The van der Waals surface area contributed by atoms with Crippen LogP contribution < -0.4 is 5.32 Å². The average Bonchev–Trinajstić information content (AvgIpc) is 3.29. The molecule has 2 aliphatic rings. The molecule has 1 aliphatic carbocycles. The van der Waals surface area contributed by atoms with Gasteiger partial charge >= 0.3 is 5.97 Å². The van der Waals surface area contributed by atoms with Crippen LogP contribution in [-0.4, -0.2) is 21.7 Å². The zero-order valence-corrected chi connectivity index (χ0v) is 14.5. The van der Waals surface area contributed by atoms with E-state index in [-0.39, 0.29) is 6.04 Å². The van der Waals surface area contributed by atoms with Crippen LogP contribution in [0.1, 0.15) is 50.3 Å². The van der Waals surface area contributed by atoms with E-state index in [1.54, 1.807) is 0 Å². The normalized spacial score (nSPS) is 23.6. The minimum Gasteiger partial charge on any atom is -0.480 e. The second-order valence-electron chi connectivity index (χ2n) is 7.94. The van der Waals surface area contributed by atoms with Crippen LogP contribution in [0.3, 0.4) is 0 Å². The number of nitrogens with one attached hydrogen (secondary N) is 1. The summed E-state index contributed by atoms with van der Waals surface area (Å²) in [5.74, 6) is 0.571. The number of carboxylic acids is 1. The van der Waals surface area contributed by atoms with Crippen molar-refractivity contribution in [1.29, 1.82) is 0 Å². The Bertz CT molecular complexity index is 773. The van der Waals surface area contributed by atoms with Gasteiger partial charge in [0.15, 0.2) is 0 Å². The van der Waals surface area contributed by atoms with Crippen LogP contribution in [0.2, 0.25) is 0 Å². The van der Waals surface area contributed by atoms with E-state index in [9.17, 15) is 9.90 Å². The molecule has 0 amide bonds. The lowest BCUT2D eigenvalue weighted by Crippen LogP contribution is -2.40. The van der Waals surface area contributed by atoms with Crippen LogP contribution in [0, 0.1) is 11.8 Å². The standard InChI is InChI=1S/C20H26N2O2/c1-12(2)8-16-15-4-3-5-18-19(15)14(9-17(21-16)20(23)24)11-22(18)10-13-6-7-13/h3-5,11-13,16-17,21H,6-10H2,1-2H3,(H,23,24)/t16-,17-/m0/s1. The summed E-state index contributed by atoms with van der Waals surface area (Å²) in [4.78, 5) is 11.7. The summed E-state index contributed by atoms with van der Waals surface area (Å²) in [6, 6.07) is 6.09. The lowest BCUT2D eigenvalue weighted by atomic mass is 9.94. The number of aliphatic carboxylic acids is 1. The van der Waals surface area contributed by atoms with Gasteiger partial charge in [0.1, 0.15) is 6.04 Å². The highest BCUT2D eigenvalue weighted by Crippen LogP contribution is 2.38. The Balaban J connectivity index is 1.84. The van der Waals surface area contributed by atoms with E-state index in [1.165, 1.54) is 34.9 Å². The fourth-order valence-corrected chi connectivity index (χ4v) is 4.08. The molecule has 4 heteroatoms. The second-order valence-corrected chi connectivity index (χ2v) is 7.94. The van der Waals surface area contributed by atoms with Crippen LogP contribution >= 0.6 is 0 Å². The third-order valence-corrected chi connectivity index (χ3v) is 5.38. The fourth-order valence-electron chi connectivity index (χ4n) is 4.08. The van der Waals surface area contributed by atoms with E-state index in [0.717, 1.165) is 18.9 Å². The van der Waals surface area contributed by atoms with Crippen molar-refractivity contribution in [3.63, 3.8) is 0 Å². The van der Waals surface area contributed by atoms with Gasteiger partial charge in [0.2, 0.25) is 0 Å². The molecular weight excluding hydrogens is 300 g/mol. The Morgan fingerprint density at radius 3 is 2.83 bits per heavy atom. The third kappa shape index (κ3) is 2.84. The Labute approximate surface area is 142 Å². The molecule has 128 valence electrons. The molecule has 0 bridgehead atoms. The molecule has 0 unspecified atom stereocenters. The molecule has 1 saturated carbocycles. The molecule has 4 rings (SSSR count). The lowest BCUT2D eigenvalue weighted by Gasteiger charge is -2.23. The van der Waals surface area contributed by atoms with Gasteiger partial charge in [-0.1, -0.05) is 26.0 Å². The maximum Gasteiger partial charge on any atom is 0.321 e. The number of hydrogen-bond acceptors (Lipinski definition) is 2. The predicted molar refractivity (Wildman–Crippen MR) is 95.1 cm³/mol. The zero-order valence-electron chi connectivity index (χ0n) is 14.5. The topological polar surface area (TPSA) is 54.3 Å². The number of benzene rings is 1. The molecule has 0 radical (unpaired) electrons. The highest BCUT2D eigenvalue weighted by molar-refractivity contribution is 5.89. The first-order valence-corrected chi connectivity index (χ1v) is 9.12. The van der Waals surface area contributed by atoms with Gasteiger partial charge < -0.3 is 9.67 Å². The molecule has 2 aromatic rings. The predicted octanol–water partition coefficient (Wildman–Crippen LogP) is 3.74. The summed E-state index contributed by atoms with van der Waals surface area (Å²) >= 11 is 0. The van der Waals surface area contributed by atoms with Crippen molar-refractivity contribution in [3.05, 3.63) is 35.5 Å². The van der Waals surface area contributed by atoms with Crippen molar-refractivity contribution in [2.45, 2.75) is 58.2 Å². The maximum atomic E-state index is 11.7. The molecule has 1 aromatic heterocycles. The van der Waals surface area contributed by atoms with E-state index < -0.39 is 12.0 Å². The lowest BCUT2D eigenvalue weighted by molar-refractivity contribution is -0.139. The minimum atomic E-state index is -0.750. The average molecular weight is 326 g/mol. The van der Waals surface area contributed by atoms with E-state index in [4.69, 9.17) is 0 Å². The molecule has 1 aromatic carbocycles. The van der Waals surface area contributed by atoms with Crippen LogP contribution in [-0.2, 0) is 17.8 Å². The minimum absolute atomic E-state index is 0.104. The van der Waals surface area contributed by atoms with Crippen molar-refractivity contribution < 1.29 is 9.90 Å². The summed E-state index contributed by atoms with van der Waals surface area (Å²) < 4.78 is 2.36. The van der Waals surface area contributed by atoms with Gasteiger partial charge in [-0.15, -0.1) is 0 Å². The SMILES string of the molecule is CC(C)C[C@@H]1N[C@H](C(=O)O)Cc2cn(CC3CC3)c3cccc1c23. The van der Waals surface area contributed by atoms with Gasteiger partial charge in [-0.2, -0.15) is 0 Å². The third-order valence-electron chi connectivity index (χ3n) is 5.38. The summed E-state index contributed by atoms with van der Waals surface area (Å²) in [6.45, 7) is 5.46. The van der Waals surface area contributed by atoms with Gasteiger partial charge in [0, 0.05) is 36.1 Å². The van der Waals surface area contributed by atoms with Crippen molar-refractivity contribution in [2.24, 2.45) is 11.8 Å². The first kappa shape index (κ1) is 15.7. The molecule has 2 atom stereocenters. The smallest absolute Gasteiger partial charge is 0.321 e. The fraction of sp³-hybridized carbons (Fsp3) is 0.550. The molecule has 24 heavy (non-hydrogen) atoms. The number of rotatable bonds is 5. The van der Waals surface area contributed by atoms with Crippen molar-refractivity contribution in [3.8, 4) is 0 Å². The monoisotopic (exact) mass is 326 g/mol. The van der Waals surface area contributed by atoms with Gasteiger partial charge in [-0.25, -0.2) is 0 Å². The molecule has 0 spiro atoms. The summed E-state index contributed by atoms with van der Waals surface area (Å²) in [5.41, 5.74) is 3.73. The molecule has 2 N–H and O–H groups in total. The zero-order chi connectivity index (χ0) is 16.8. The highest BCUT2D eigenvalue weighted by Gasteiger charge is 2.31. The van der Waals surface area contributed by atoms with Gasteiger partial charge in [-0.05, 0) is 48.3 Å². The van der Waals surface area contributed by atoms with Gasteiger partial charge in [0.25, 0.3) is 0 Å². The van der Waals surface area contributed by atoms with Crippen molar-refractivity contribution >= 4 is 16.9 Å². The largest absolute Gasteiger partial charge is 0.480 e. The summed E-state index contributed by atoms with van der Waals surface area (Å²) in [7, 11) is 0.